The Hall–Kier alpha value is -3.44. The molecule has 0 radical (unpaired) electrons. The second-order valence-electron chi connectivity index (χ2n) is 10.2. The summed E-state index contributed by atoms with van der Waals surface area (Å²) in [7, 11) is 0. The van der Waals surface area contributed by atoms with Gasteiger partial charge < -0.3 is 36.9 Å². The number of aromatic nitrogens is 1. The molecule has 1 aromatic carbocycles. The van der Waals surface area contributed by atoms with Crippen molar-refractivity contribution in [2.45, 2.75) is 77.7 Å². The zero-order valence-electron chi connectivity index (χ0n) is 21.9. The van der Waals surface area contributed by atoms with E-state index in [2.05, 4.69) is 20.9 Å². The number of hydrogen-bond donors (Lipinski definition) is 7. The van der Waals surface area contributed by atoms with Gasteiger partial charge in [0.1, 0.15) is 12.1 Å². The number of para-hydroxylation sites is 1. The van der Waals surface area contributed by atoms with Crippen molar-refractivity contribution in [3.05, 3.63) is 36.0 Å². The molecular formula is C26H39N5O6. The van der Waals surface area contributed by atoms with E-state index in [1.54, 1.807) is 20.0 Å². The SMILES string of the molecule is CC(C)CC(N)C(=O)NC(Cc1c[nH]c2ccccc12)C(=O)NC(C(=O)NC(C(=O)O)C(C)O)C(C)C. The van der Waals surface area contributed by atoms with Crippen molar-refractivity contribution >= 4 is 34.6 Å². The fraction of sp³-hybridized carbons (Fsp3) is 0.538. The van der Waals surface area contributed by atoms with E-state index in [1.807, 2.05) is 38.1 Å². The molecule has 1 heterocycles. The minimum atomic E-state index is -1.54. The number of nitrogens with one attached hydrogen (secondary N) is 4. The number of aromatic amines is 1. The number of benzene rings is 1. The number of carbonyl (C=O) groups excluding carboxylic acids is 3. The summed E-state index contributed by atoms with van der Waals surface area (Å²) in [6.45, 7) is 8.50. The third kappa shape index (κ3) is 8.29. The molecule has 0 aliphatic rings. The molecular weight excluding hydrogens is 478 g/mol. The first-order chi connectivity index (χ1) is 17.3. The quantitative estimate of drug-likeness (QED) is 0.203. The summed E-state index contributed by atoms with van der Waals surface area (Å²) >= 11 is 0. The molecule has 0 fully saturated rings. The predicted molar refractivity (Wildman–Crippen MR) is 139 cm³/mol. The number of amides is 3. The Balaban J connectivity index is 2.29. The van der Waals surface area contributed by atoms with E-state index in [9.17, 15) is 29.4 Å². The van der Waals surface area contributed by atoms with E-state index in [0.29, 0.717) is 6.42 Å². The van der Waals surface area contributed by atoms with Gasteiger partial charge in [-0.3, -0.25) is 14.4 Å². The third-order valence-corrected chi connectivity index (χ3v) is 6.09. The van der Waals surface area contributed by atoms with Crippen molar-refractivity contribution in [3.8, 4) is 0 Å². The number of hydrogen-bond acceptors (Lipinski definition) is 6. The summed E-state index contributed by atoms with van der Waals surface area (Å²) in [5.41, 5.74) is 7.71. The predicted octanol–water partition coefficient (Wildman–Crippen LogP) is 0.660. The highest BCUT2D eigenvalue weighted by Gasteiger charge is 2.33. The fourth-order valence-corrected chi connectivity index (χ4v) is 4.04. The normalized spacial score (nSPS) is 15.6. The van der Waals surface area contributed by atoms with Crippen LogP contribution in [0.25, 0.3) is 10.9 Å². The average molecular weight is 518 g/mol. The van der Waals surface area contributed by atoms with E-state index >= 15 is 0 Å². The Kier molecular flexibility index (Phi) is 10.6. The number of rotatable bonds is 13. The molecule has 5 atom stereocenters. The van der Waals surface area contributed by atoms with Crippen LogP contribution in [0.1, 0.15) is 46.6 Å². The third-order valence-electron chi connectivity index (χ3n) is 6.09. The second-order valence-corrected chi connectivity index (χ2v) is 10.2. The van der Waals surface area contributed by atoms with Crippen molar-refractivity contribution in [1.82, 2.24) is 20.9 Å². The van der Waals surface area contributed by atoms with Crippen LogP contribution in [0.2, 0.25) is 0 Å². The summed E-state index contributed by atoms with van der Waals surface area (Å²) in [6.07, 6.45) is 0.979. The van der Waals surface area contributed by atoms with Crippen LogP contribution < -0.4 is 21.7 Å². The lowest BCUT2D eigenvalue weighted by atomic mass is 9.99. The van der Waals surface area contributed by atoms with Gasteiger partial charge in [-0.15, -0.1) is 0 Å². The minimum Gasteiger partial charge on any atom is -0.480 e. The second kappa shape index (κ2) is 13.2. The van der Waals surface area contributed by atoms with Crippen molar-refractivity contribution in [1.29, 1.82) is 0 Å². The standard InChI is InChI=1S/C26H39N5O6/c1-13(2)10-18(27)23(33)29-20(11-16-12-28-19-9-7-6-8-17(16)19)24(34)30-21(14(3)4)25(35)31-22(15(5)32)26(36)37/h6-9,12-15,18,20-22,28,32H,10-11,27H2,1-5H3,(H,29,33)(H,30,34)(H,31,35)(H,36,37). The van der Waals surface area contributed by atoms with Crippen LogP contribution in [0, 0.1) is 11.8 Å². The van der Waals surface area contributed by atoms with E-state index < -0.39 is 59.9 Å². The molecule has 8 N–H and O–H groups in total. The molecule has 0 aliphatic carbocycles. The van der Waals surface area contributed by atoms with Crippen molar-refractivity contribution < 1.29 is 29.4 Å². The van der Waals surface area contributed by atoms with Gasteiger partial charge in [0.2, 0.25) is 17.7 Å². The maximum Gasteiger partial charge on any atom is 0.328 e. The largest absolute Gasteiger partial charge is 0.480 e. The lowest BCUT2D eigenvalue weighted by molar-refractivity contribution is -0.145. The van der Waals surface area contributed by atoms with Crippen molar-refractivity contribution in [3.63, 3.8) is 0 Å². The highest BCUT2D eigenvalue weighted by molar-refractivity contribution is 5.95. The maximum atomic E-state index is 13.4. The summed E-state index contributed by atoms with van der Waals surface area (Å²) in [5.74, 6) is -3.51. The lowest BCUT2D eigenvalue weighted by Gasteiger charge is -2.27. The van der Waals surface area contributed by atoms with Crippen molar-refractivity contribution in [2.75, 3.05) is 0 Å². The molecule has 11 nitrogen and oxygen atoms in total. The van der Waals surface area contributed by atoms with Gasteiger partial charge in [0.05, 0.1) is 12.1 Å². The number of aliphatic hydroxyl groups is 1. The van der Waals surface area contributed by atoms with Gasteiger partial charge in [0.25, 0.3) is 0 Å². The van der Waals surface area contributed by atoms with Crippen LogP contribution in [0.4, 0.5) is 0 Å². The molecule has 37 heavy (non-hydrogen) atoms. The van der Waals surface area contributed by atoms with E-state index in [1.165, 1.54) is 6.92 Å². The van der Waals surface area contributed by atoms with E-state index in [-0.39, 0.29) is 12.3 Å². The Labute approximate surface area is 216 Å². The molecule has 11 heteroatoms. The minimum absolute atomic E-state index is 0.133. The first-order valence-corrected chi connectivity index (χ1v) is 12.4. The zero-order valence-corrected chi connectivity index (χ0v) is 21.9. The monoisotopic (exact) mass is 517 g/mol. The highest BCUT2D eigenvalue weighted by Crippen LogP contribution is 2.19. The number of carbonyl (C=O) groups is 4. The Bertz CT molecular complexity index is 1100. The van der Waals surface area contributed by atoms with Crippen LogP contribution >= 0.6 is 0 Å². The van der Waals surface area contributed by atoms with Gasteiger partial charge in [0, 0.05) is 23.5 Å². The van der Waals surface area contributed by atoms with Gasteiger partial charge in [-0.25, -0.2) is 4.79 Å². The molecule has 0 spiro atoms. The molecule has 2 aromatic rings. The summed E-state index contributed by atoms with van der Waals surface area (Å²) < 4.78 is 0. The van der Waals surface area contributed by atoms with Crippen molar-refractivity contribution in [2.24, 2.45) is 17.6 Å². The van der Waals surface area contributed by atoms with E-state index in [4.69, 9.17) is 5.73 Å². The van der Waals surface area contributed by atoms with Crippen LogP contribution in [-0.2, 0) is 25.6 Å². The Morgan fingerprint density at radius 3 is 2.11 bits per heavy atom. The van der Waals surface area contributed by atoms with Gasteiger partial charge in [0.15, 0.2) is 6.04 Å². The molecule has 0 saturated heterocycles. The maximum absolute atomic E-state index is 13.4. The summed E-state index contributed by atoms with van der Waals surface area (Å²) in [5, 5.41) is 27.6. The number of aliphatic carboxylic acids is 1. The molecule has 1 aromatic heterocycles. The number of aliphatic hydroxyl groups excluding tert-OH is 1. The summed E-state index contributed by atoms with van der Waals surface area (Å²) in [4.78, 5) is 53.7. The number of nitrogens with two attached hydrogens (primary N) is 1. The van der Waals surface area contributed by atoms with Crippen LogP contribution in [0.15, 0.2) is 30.5 Å². The molecule has 204 valence electrons. The molecule has 3 amide bonds. The van der Waals surface area contributed by atoms with E-state index in [0.717, 1.165) is 16.5 Å². The lowest BCUT2D eigenvalue weighted by Crippen LogP contribution is -2.60. The zero-order chi connectivity index (χ0) is 27.9. The summed E-state index contributed by atoms with van der Waals surface area (Å²) in [6, 6.07) is 3.02. The van der Waals surface area contributed by atoms with Crippen LogP contribution in [0.3, 0.4) is 0 Å². The van der Waals surface area contributed by atoms with Gasteiger partial charge in [-0.05, 0) is 36.8 Å². The molecule has 0 aliphatic heterocycles. The Morgan fingerprint density at radius 1 is 0.919 bits per heavy atom. The van der Waals surface area contributed by atoms with Gasteiger partial charge >= 0.3 is 5.97 Å². The fourth-order valence-electron chi connectivity index (χ4n) is 4.04. The molecule has 5 unspecified atom stereocenters. The number of carboxylic acids is 1. The molecule has 2 rings (SSSR count). The van der Waals surface area contributed by atoms with Crippen LogP contribution in [-0.4, -0.2) is 69.2 Å². The number of H-pyrrole nitrogens is 1. The smallest absolute Gasteiger partial charge is 0.328 e. The molecule has 0 bridgehead atoms. The average Bonchev–Trinajstić information content (AvgIpc) is 3.21. The number of fused-ring (bicyclic) bond motifs is 1. The first kappa shape index (κ1) is 29.8. The van der Waals surface area contributed by atoms with Gasteiger partial charge in [-0.1, -0.05) is 45.9 Å². The molecule has 0 saturated carbocycles. The highest BCUT2D eigenvalue weighted by atomic mass is 16.4. The number of carboxylic acid groups (broad SMARTS) is 1. The van der Waals surface area contributed by atoms with Crippen LogP contribution in [0.5, 0.6) is 0 Å². The van der Waals surface area contributed by atoms with Gasteiger partial charge in [-0.2, -0.15) is 0 Å². The Morgan fingerprint density at radius 2 is 1.54 bits per heavy atom. The topological polar surface area (TPSA) is 187 Å². The first-order valence-electron chi connectivity index (χ1n) is 12.4.